The molecule has 0 aliphatic carbocycles. The van der Waals surface area contributed by atoms with Crippen LogP contribution in [0.4, 0.5) is 0 Å². The van der Waals surface area contributed by atoms with Gasteiger partial charge in [0.15, 0.2) is 0 Å². The summed E-state index contributed by atoms with van der Waals surface area (Å²) in [6.07, 6.45) is 0.765. The molecule has 0 saturated carbocycles. The summed E-state index contributed by atoms with van der Waals surface area (Å²) < 4.78 is 5.67. The minimum absolute atomic E-state index is 0.295. The predicted molar refractivity (Wildman–Crippen MR) is 110 cm³/mol. The van der Waals surface area contributed by atoms with Gasteiger partial charge < -0.3 is 4.74 Å². The molecule has 0 aliphatic heterocycles. The number of rotatable bonds is 5. The molecule has 26 heavy (non-hydrogen) atoms. The summed E-state index contributed by atoms with van der Waals surface area (Å²) in [7, 11) is 0. The van der Waals surface area contributed by atoms with Gasteiger partial charge in [-0.2, -0.15) is 0 Å². The largest absolute Gasteiger partial charge is 0.454 e. The van der Waals surface area contributed by atoms with E-state index in [-0.39, 0.29) is 12.1 Å². The average Bonchev–Trinajstić information content (AvgIpc) is 2.67. The van der Waals surface area contributed by atoms with Crippen molar-refractivity contribution in [2.45, 2.75) is 44.1 Å². The van der Waals surface area contributed by atoms with E-state index >= 15 is 0 Å². The maximum absolute atomic E-state index is 12.5. The number of esters is 1. The number of carbonyl (C=O) groups excluding carboxylic acids is 1. The van der Waals surface area contributed by atoms with Gasteiger partial charge in [0, 0.05) is 4.90 Å². The van der Waals surface area contributed by atoms with E-state index in [0.717, 1.165) is 27.7 Å². The van der Waals surface area contributed by atoms with Crippen molar-refractivity contribution in [3.63, 3.8) is 0 Å². The third-order valence-corrected chi connectivity index (χ3v) is 5.35. The van der Waals surface area contributed by atoms with Crippen molar-refractivity contribution in [1.29, 1.82) is 0 Å². The quantitative estimate of drug-likeness (QED) is 0.410. The summed E-state index contributed by atoms with van der Waals surface area (Å²) in [5, 5.41) is 2.19. The Morgan fingerprint density at radius 1 is 1.00 bits per heavy atom. The average molecular weight is 365 g/mol. The molecule has 2 nitrogen and oxygen atoms in total. The number of hydrogen-bond donors (Lipinski definition) is 1. The van der Waals surface area contributed by atoms with E-state index in [1.165, 1.54) is 5.56 Å². The number of fused-ring (bicyclic) bond motifs is 1. The molecule has 3 heteroatoms. The topological polar surface area (TPSA) is 26.3 Å². The smallest absolute Gasteiger partial charge is 0.338 e. The SMILES string of the molecule is CCC(C)c1ccc(C(=O)OC(C)c2ccc3c(S)cccc3c2)cc1. The Morgan fingerprint density at radius 2 is 1.69 bits per heavy atom. The van der Waals surface area contributed by atoms with Crippen LogP contribution in [0.1, 0.15) is 60.7 Å². The highest BCUT2D eigenvalue weighted by Crippen LogP contribution is 2.27. The van der Waals surface area contributed by atoms with Crippen molar-refractivity contribution in [2.24, 2.45) is 0 Å². The van der Waals surface area contributed by atoms with Crippen LogP contribution in [0, 0.1) is 0 Å². The molecule has 0 fully saturated rings. The van der Waals surface area contributed by atoms with E-state index in [0.29, 0.717) is 11.5 Å². The minimum atomic E-state index is -0.315. The van der Waals surface area contributed by atoms with E-state index in [4.69, 9.17) is 4.74 Å². The van der Waals surface area contributed by atoms with Crippen molar-refractivity contribution in [1.82, 2.24) is 0 Å². The third kappa shape index (κ3) is 3.94. The lowest BCUT2D eigenvalue weighted by molar-refractivity contribution is 0.0338. The molecule has 2 unspecified atom stereocenters. The van der Waals surface area contributed by atoms with Crippen LogP contribution in [0.5, 0.6) is 0 Å². The van der Waals surface area contributed by atoms with Crippen molar-refractivity contribution in [2.75, 3.05) is 0 Å². The molecule has 3 rings (SSSR count). The molecule has 0 aliphatic rings. The van der Waals surface area contributed by atoms with Crippen molar-refractivity contribution in [3.05, 3.63) is 77.4 Å². The summed E-state index contributed by atoms with van der Waals surface area (Å²) in [6.45, 7) is 6.25. The second-order valence-electron chi connectivity index (χ2n) is 6.74. The number of hydrogen-bond acceptors (Lipinski definition) is 3. The highest BCUT2D eigenvalue weighted by molar-refractivity contribution is 7.80. The van der Waals surface area contributed by atoms with Crippen LogP contribution in [0.25, 0.3) is 10.8 Å². The van der Waals surface area contributed by atoms with Gasteiger partial charge in [0.1, 0.15) is 6.10 Å². The molecule has 2 atom stereocenters. The summed E-state index contributed by atoms with van der Waals surface area (Å²) in [4.78, 5) is 13.4. The molecule has 0 amide bonds. The lowest BCUT2D eigenvalue weighted by Crippen LogP contribution is -2.09. The van der Waals surface area contributed by atoms with E-state index in [1.54, 1.807) is 0 Å². The highest BCUT2D eigenvalue weighted by atomic mass is 32.1. The van der Waals surface area contributed by atoms with Crippen LogP contribution in [0.15, 0.2) is 65.6 Å². The zero-order chi connectivity index (χ0) is 18.7. The van der Waals surface area contributed by atoms with E-state index in [2.05, 4.69) is 32.5 Å². The maximum Gasteiger partial charge on any atom is 0.338 e. The third-order valence-electron chi connectivity index (χ3n) is 4.96. The zero-order valence-corrected chi connectivity index (χ0v) is 16.3. The Kier molecular flexibility index (Phi) is 5.67. The van der Waals surface area contributed by atoms with Gasteiger partial charge in [-0.25, -0.2) is 4.79 Å². The fourth-order valence-electron chi connectivity index (χ4n) is 3.02. The first kappa shape index (κ1) is 18.5. The fraction of sp³-hybridized carbons (Fsp3) is 0.261. The van der Waals surface area contributed by atoms with Crippen LogP contribution in [-0.2, 0) is 4.74 Å². The summed E-state index contributed by atoms with van der Waals surface area (Å²) in [6, 6.07) is 19.8. The van der Waals surface area contributed by atoms with E-state index in [1.807, 2.05) is 61.5 Å². The van der Waals surface area contributed by atoms with Crippen molar-refractivity contribution < 1.29 is 9.53 Å². The Labute approximate surface area is 160 Å². The van der Waals surface area contributed by atoms with Gasteiger partial charge in [-0.05, 0) is 65.4 Å². The Bertz CT molecular complexity index is 915. The monoisotopic (exact) mass is 364 g/mol. The van der Waals surface area contributed by atoms with Crippen LogP contribution < -0.4 is 0 Å². The predicted octanol–water partition coefficient (Wildman–Crippen LogP) is 6.56. The standard InChI is InChI=1S/C23H24O2S/c1-4-15(2)17-8-10-18(11-9-17)23(24)25-16(3)19-12-13-21-20(14-19)6-5-7-22(21)26/h5-16,26H,4H2,1-3H3. The molecule has 0 bridgehead atoms. The molecule has 0 spiro atoms. The molecule has 3 aromatic carbocycles. The summed E-state index contributed by atoms with van der Waals surface area (Å²) >= 11 is 4.48. The van der Waals surface area contributed by atoms with Crippen LogP contribution in [-0.4, -0.2) is 5.97 Å². The molecule has 3 aromatic rings. The Hall–Kier alpha value is -2.26. The molecule has 0 saturated heterocycles. The first-order valence-corrected chi connectivity index (χ1v) is 9.47. The van der Waals surface area contributed by atoms with Gasteiger partial charge in [0.25, 0.3) is 0 Å². The molecule has 0 aromatic heterocycles. The summed E-state index contributed by atoms with van der Waals surface area (Å²) in [5.41, 5.74) is 2.80. The minimum Gasteiger partial charge on any atom is -0.454 e. The van der Waals surface area contributed by atoms with Gasteiger partial charge in [-0.1, -0.05) is 50.2 Å². The number of benzene rings is 3. The lowest BCUT2D eigenvalue weighted by Gasteiger charge is -2.15. The molecule has 0 N–H and O–H groups in total. The normalized spacial score (nSPS) is 13.4. The van der Waals surface area contributed by atoms with Crippen LogP contribution in [0.3, 0.4) is 0 Å². The van der Waals surface area contributed by atoms with E-state index in [9.17, 15) is 4.79 Å². The molecule has 0 heterocycles. The van der Waals surface area contributed by atoms with Gasteiger partial charge in [-0.3, -0.25) is 0 Å². The molecule has 0 radical (unpaired) electrons. The molecular formula is C23H24O2S. The zero-order valence-electron chi connectivity index (χ0n) is 15.4. The lowest BCUT2D eigenvalue weighted by atomic mass is 9.98. The second kappa shape index (κ2) is 7.96. The van der Waals surface area contributed by atoms with Gasteiger partial charge in [0.05, 0.1) is 5.56 Å². The van der Waals surface area contributed by atoms with Gasteiger partial charge in [-0.15, -0.1) is 12.6 Å². The van der Waals surface area contributed by atoms with E-state index < -0.39 is 0 Å². The van der Waals surface area contributed by atoms with Crippen LogP contribution in [0.2, 0.25) is 0 Å². The van der Waals surface area contributed by atoms with Crippen molar-refractivity contribution >= 4 is 29.4 Å². The second-order valence-corrected chi connectivity index (χ2v) is 7.22. The summed E-state index contributed by atoms with van der Waals surface area (Å²) in [5.74, 6) is 0.199. The van der Waals surface area contributed by atoms with Gasteiger partial charge >= 0.3 is 5.97 Å². The Morgan fingerprint density at radius 3 is 2.38 bits per heavy atom. The van der Waals surface area contributed by atoms with Crippen molar-refractivity contribution in [3.8, 4) is 0 Å². The number of thiol groups is 1. The van der Waals surface area contributed by atoms with Gasteiger partial charge in [0.2, 0.25) is 0 Å². The first-order valence-electron chi connectivity index (χ1n) is 9.02. The molecular weight excluding hydrogens is 340 g/mol. The number of carbonyl (C=O) groups is 1. The van der Waals surface area contributed by atoms with Crippen LogP contribution >= 0.6 is 12.6 Å². The maximum atomic E-state index is 12.5. The highest BCUT2D eigenvalue weighted by Gasteiger charge is 2.15. The Balaban J connectivity index is 1.74. The molecule has 134 valence electrons. The fourth-order valence-corrected chi connectivity index (χ4v) is 3.31. The number of ether oxygens (including phenoxy) is 1. The first-order chi connectivity index (χ1) is 12.5.